The summed E-state index contributed by atoms with van der Waals surface area (Å²) in [5.41, 5.74) is -6.90. The number of ether oxygens (including phenoxy) is 2. The summed E-state index contributed by atoms with van der Waals surface area (Å²) in [6.45, 7) is 0. The molecule has 8 aromatic rings. The van der Waals surface area contributed by atoms with Gasteiger partial charge in [-0.2, -0.15) is 13.2 Å². The van der Waals surface area contributed by atoms with Crippen LogP contribution < -0.4 is 128 Å². The molecule has 0 unspecified atom stereocenters. The Morgan fingerprint density at radius 3 is 1.00 bits per heavy atom. The molecule has 0 aliphatic rings. The van der Waals surface area contributed by atoms with Gasteiger partial charge in [0.05, 0.1) is 29.4 Å². The fourth-order valence-corrected chi connectivity index (χ4v) is 11.8. The SMILES string of the molecule is O=C(c1cccc(S(=O)(=O)[O-])c1)c1ccc(Oc2ccc(C(c3ccc(Oc4ccc(C(=O)c5cccc(S(=O)(=O)[O-])c5)cc4S(=O)(=O)[O-])cc3)(c3ccc(S(=O)(=O)c4ccc(F)cc4)cc3)C(F)(F)F)cc2)c(S(=O)(=O)[O-])c1.[Na+].[Na+].[Na+].[Na+]. The van der Waals surface area contributed by atoms with Crippen LogP contribution >= 0.6 is 0 Å². The van der Waals surface area contributed by atoms with Gasteiger partial charge in [0.1, 0.15) is 74.7 Å². The standard InChI is InChI=1S/C52H34F4O18S5.4Na/c53-38-15-23-42(24-16-38)75(59,60)41-21-13-37(14-22-41)51(52(54,55)56,35-9-17-39(18-10-35)73-45-25-7-33(29-47(45)78(67,68)69)49(57)31-3-1-5-43(27-31)76(61,62)63)36-11-19-40(20-12-36)74-46-26-8-34(30-48(46)79(70,71)72)50(58)32-4-2-6-44(28-32)77(64,65)66;;;;/h1-30H,(H,61,62,63)(H,64,65,66)(H,67,68,69)(H,70,71,72);;;;/q;4*+1/p-4. The molecular weight excluding hydrogens is 1240 g/mol. The zero-order chi connectivity index (χ0) is 57.7. The number of carbonyl (C=O) groups is 2. The fraction of sp³-hybridized carbons (Fsp3) is 0.0385. The molecule has 18 nitrogen and oxygen atoms in total. The number of rotatable bonds is 17. The largest absolute Gasteiger partial charge is 1.00 e. The van der Waals surface area contributed by atoms with Gasteiger partial charge in [-0.25, -0.2) is 46.5 Å². The molecule has 408 valence electrons. The van der Waals surface area contributed by atoms with E-state index >= 15 is 13.2 Å². The van der Waals surface area contributed by atoms with Gasteiger partial charge in [-0.05, 0) is 138 Å². The Labute approximate surface area is 560 Å². The van der Waals surface area contributed by atoms with Gasteiger partial charge in [-0.1, -0.05) is 60.7 Å². The quantitative estimate of drug-likeness (QED) is 0.0211. The van der Waals surface area contributed by atoms with Crippen molar-refractivity contribution in [2.75, 3.05) is 0 Å². The second-order valence-electron chi connectivity index (χ2n) is 16.8. The Bertz CT molecular complexity index is 4140. The molecule has 0 spiro atoms. The van der Waals surface area contributed by atoms with E-state index in [1.807, 2.05) is 0 Å². The van der Waals surface area contributed by atoms with Gasteiger partial charge in [0, 0.05) is 22.3 Å². The van der Waals surface area contributed by atoms with Gasteiger partial charge in [0.25, 0.3) is 0 Å². The number of hydrogen-bond donors (Lipinski definition) is 0. The van der Waals surface area contributed by atoms with Crippen molar-refractivity contribution in [3.05, 3.63) is 227 Å². The minimum atomic E-state index is -5.51. The number of halogens is 4. The maximum absolute atomic E-state index is 16.4. The third kappa shape index (κ3) is 15.8. The van der Waals surface area contributed by atoms with Gasteiger partial charge < -0.3 is 27.7 Å². The summed E-state index contributed by atoms with van der Waals surface area (Å²) in [4.78, 5) is 21.8. The Hall–Kier alpha value is -3.99. The summed E-state index contributed by atoms with van der Waals surface area (Å²) in [5.74, 6) is -5.04. The maximum atomic E-state index is 16.4. The topological polar surface area (TPSA) is 316 Å². The summed E-state index contributed by atoms with van der Waals surface area (Å²) in [5, 5.41) is 0. The number of hydrogen-bond acceptors (Lipinski definition) is 18. The predicted molar refractivity (Wildman–Crippen MR) is 262 cm³/mol. The average molecular weight is 1270 g/mol. The van der Waals surface area contributed by atoms with Crippen molar-refractivity contribution in [1.82, 2.24) is 0 Å². The van der Waals surface area contributed by atoms with E-state index in [2.05, 4.69) is 0 Å². The van der Waals surface area contributed by atoms with Crippen LogP contribution in [0.5, 0.6) is 23.0 Å². The van der Waals surface area contributed by atoms with Crippen LogP contribution in [0.1, 0.15) is 48.5 Å². The molecule has 0 atom stereocenters. The van der Waals surface area contributed by atoms with E-state index in [0.29, 0.717) is 12.1 Å². The molecule has 8 aromatic carbocycles. The van der Waals surface area contributed by atoms with E-state index in [9.17, 15) is 74.3 Å². The van der Waals surface area contributed by atoms with Crippen molar-refractivity contribution in [2.24, 2.45) is 0 Å². The number of ketones is 2. The zero-order valence-corrected chi connectivity index (χ0v) is 55.3. The zero-order valence-electron chi connectivity index (χ0n) is 43.2. The van der Waals surface area contributed by atoms with Crippen LogP contribution in [-0.4, -0.2) is 78.0 Å². The number of benzene rings is 8. The van der Waals surface area contributed by atoms with E-state index in [-0.39, 0.29) is 141 Å². The molecule has 0 saturated heterocycles. The Kier molecular flexibility index (Phi) is 23.6. The van der Waals surface area contributed by atoms with Crippen LogP contribution in [-0.2, 0) is 55.7 Å². The van der Waals surface area contributed by atoms with Crippen LogP contribution in [0.15, 0.2) is 211 Å². The van der Waals surface area contributed by atoms with E-state index < -0.39 is 148 Å². The van der Waals surface area contributed by atoms with Crippen molar-refractivity contribution < 1.29 is 215 Å². The molecule has 0 aliphatic carbocycles. The first-order valence-corrected chi connectivity index (χ1v) is 29.1. The molecule has 83 heavy (non-hydrogen) atoms. The predicted octanol–water partition coefficient (Wildman–Crippen LogP) is -3.77. The van der Waals surface area contributed by atoms with Crippen LogP contribution in [0.25, 0.3) is 0 Å². The Morgan fingerprint density at radius 1 is 0.373 bits per heavy atom. The van der Waals surface area contributed by atoms with Gasteiger partial charge in [0.15, 0.2) is 11.6 Å². The third-order valence-electron chi connectivity index (χ3n) is 11.9. The summed E-state index contributed by atoms with van der Waals surface area (Å²) in [6.07, 6.45) is -5.39. The smallest absolute Gasteiger partial charge is 0.744 e. The molecule has 31 heteroatoms. The maximum Gasteiger partial charge on any atom is 1.00 e. The molecule has 0 aromatic heterocycles. The monoisotopic (exact) mass is 1270 g/mol. The molecule has 0 bridgehead atoms. The molecule has 0 amide bonds. The molecule has 0 aliphatic heterocycles. The number of carbonyl (C=O) groups excluding carboxylic acids is 2. The van der Waals surface area contributed by atoms with Crippen molar-refractivity contribution in [1.29, 1.82) is 0 Å². The third-order valence-corrected chi connectivity index (χ3v) is 17.1. The van der Waals surface area contributed by atoms with Crippen molar-refractivity contribution in [2.45, 2.75) is 41.0 Å². The van der Waals surface area contributed by atoms with Crippen LogP contribution in [0.2, 0.25) is 0 Å². The molecule has 0 saturated carbocycles. The summed E-state index contributed by atoms with van der Waals surface area (Å²) >= 11 is 0. The minimum Gasteiger partial charge on any atom is -0.744 e. The van der Waals surface area contributed by atoms with Crippen molar-refractivity contribution in [3.8, 4) is 23.0 Å². The minimum absolute atomic E-state index is 0. The number of sulfone groups is 1. The molecular formula is C52H30F4Na4O18S5. The van der Waals surface area contributed by atoms with Crippen molar-refractivity contribution >= 4 is 61.9 Å². The summed E-state index contributed by atoms with van der Waals surface area (Å²) in [6, 6.07) is 26.9. The second kappa shape index (κ2) is 27.4. The van der Waals surface area contributed by atoms with E-state index in [4.69, 9.17) is 9.47 Å². The van der Waals surface area contributed by atoms with Gasteiger partial charge >= 0.3 is 124 Å². The average Bonchev–Trinajstić information content (AvgIpc) is 3.46. The normalized spacial score (nSPS) is 12.0. The van der Waals surface area contributed by atoms with E-state index in [1.54, 1.807) is 0 Å². The van der Waals surface area contributed by atoms with Gasteiger partial charge in [0.2, 0.25) is 9.84 Å². The van der Waals surface area contributed by atoms with Crippen LogP contribution in [0.3, 0.4) is 0 Å². The van der Waals surface area contributed by atoms with Crippen molar-refractivity contribution in [3.63, 3.8) is 0 Å². The Morgan fingerprint density at radius 2 is 0.687 bits per heavy atom. The molecule has 0 heterocycles. The molecule has 0 radical (unpaired) electrons. The van der Waals surface area contributed by atoms with E-state index in [1.165, 1.54) is 0 Å². The first-order chi connectivity index (χ1) is 36.8. The van der Waals surface area contributed by atoms with E-state index in [0.717, 1.165) is 170 Å². The Balaban J connectivity index is 0.00000370. The molecule has 0 N–H and O–H groups in total. The first kappa shape index (κ1) is 71.5. The first-order valence-electron chi connectivity index (χ1n) is 21.9. The molecule has 0 fully saturated rings. The van der Waals surface area contributed by atoms with Crippen LogP contribution in [0.4, 0.5) is 17.6 Å². The molecule has 8 rings (SSSR count). The van der Waals surface area contributed by atoms with Crippen LogP contribution in [0, 0.1) is 5.82 Å². The summed E-state index contributed by atoms with van der Waals surface area (Å²) < 4.78 is 246. The second-order valence-corrected chi connectivity index (χ2v) is 24.2. The fourth-order valence-electron chi connectivity index (χ4n) is 8.20. The summed E-state index contributed by atoms with van der Waals surface area (Å²) in [7, 11) is -25.5. The van der Waals surface area contributed by atoms with Gasteiger partial charge in [-0.3, -0.25) is 9.59 Å². The number of alkyl halides is 3. The van der Waals surface area contributed by atoms with Gasteiger partial charge in [-0.15, -0.1) is 0 Å².